The van der Waals surface area contributed by atoms with Gasteiger partial charge in [0.05, 0.1) is 0 Å². The van der Waals surface area contributed by atoms with Crippen molar-refractivity contribution in [1.82, 2.24) is 0 Å². The molecule has 0 amide bonds. The number of aryl methyl sites for hydroxylation is 1. The molecule has 38 heavy (non-hydrogen) atoms. The van der Waals surface area contributed by atoms with Crippen molar-refractivity contribution < 1.29 is 15.0 Å². The number of Topliss-reactive ketones (excluding diaryl/α,β-unsaturated/α-hetero) is 1. The van der Waals surface area contributed by atoms with Crippen molar-refractivity contribution in [3.05, 3.63) is 28.8 Å². The number of phenols is 1. The summed E-state index contributed by atoms with van der Waals surface area (Å²) in [5, 5.41) is 22.6. The Hall–Kier alpha value is -1.57. The van der Waals surface area contributed by atoms with Crippen LogP contribution in [0.15, 0.2) is 12.1 Å². The summed E-state index contributed by atoms with van der Waals surface area (Å²) in [6.45, 7) is 10.8. The van der Waals surface area contributed by atoms with Gasteiger partial charge in [-0.1, -0.05) is 72.1 Å². The molecule has 0 saturated heterocycles. The van der Waals surface area contributed by atoms with Crippen molar-refractivity contribution in [1.29, 1.82) is 0 Å². The van der Waals surface area contributed by atoms with Crippen LogP contribution < -0.4 is 0 Å². The molecule has 0 aliphatic heterocycles. The Labute approximate surface area is 233 Å². The molecule has 1 aromatic carbocycles. The number of unbranched alkanes of at least 4 members (excludes halogenated alkanes) is 3. The van der Waals surface area contributed by atoms with Crippen LogP contribution >= 0.6 is 0 Å². The third-order valence-electron chi connectivity index (χ3n) is 10.9. The quantitative estimate of drug-likeness (QED) is 0.179. The first-order chi connectivity index (χ1) is 18.1. The van der Waals surface area contributed by atoms with E-state index in [4.69, 9.17) is 0 Å². The zero-order chi connectivity index (χ0) is 27.6. The molecule has 0 spiro atoms. The molecule has 3 nitrogen and oxygen atoms in total. The molecule has 4 heteroatoms. The summed E-state index contributed by atoms with van der Waals surface area (Å²) >= 11 is 0. The van der Waals surface area contributed by atoms with E-state index in [1.807, 2.05) is 6.07 Å². The number of benzene rings is 1. The number of aromatic hydroxyl groups is 1. The van der Waals surface area contributed by atoms with Gasteiger partial charge in [0.15, 0.2) is 5.78 Å². The molecule has 1 aromatic rings. The van der Waals surface area contributed by atoms with E-state index in [1.165, 1.54) is 62.2 Å². The van der Waals surface area contributed by atoms with Gasteiger partial charge in [-0.2, -0.15) is 0 Å². The lowest BCUT2D eigenvalue weighted by atomic mass is 9.53. The summed E-state index contributed by atoms with van der Waals surface area (Å²) in [5.41, 5.74) is 5.94. The van der Waals surface area contributed by atoms with Crippen LogP contribution in [0.4, 0.5) is 0 Å². The van der Waals surface area contributed by atoms with Crippen LogP contribution in [0.25, 0.3) is 0 Å². The van der Waals surface area contributed by atoms with E-state index in [2.05, 4.69) is 39.2 Å². The van der Waals surface area contributed by atoms with E-state index in [-0.39, 0.29) is 16.9 Å². The molecular weight excluding hydrogens is 484 g/mol. The summed E-state index contributed by atoms with van der Waals surface area (Å²) in [6, 6.07) is 7.43. The average molecular weight is 537 g/mol. The fraction of sp³-hybridized carbons (Fsp3) is 0.735. The molecule has 2 N–H and O–H groups in total. The molecular formula is C34H52O3Si. The van der Waals surface area contributed by atoms with Gasteiger partial charge in [-0.25, -0.2) is 0 Å². The summed E-state index contributed by atoms with van der Waals surface area (Å²) in [4.78, 5) is 12.6. The van der Waals surface area contributed by atoms with Crippen molar-refractivity contribution >= 4 is 13.9 Å². The second-order valence-electron chi connectivity index (χ2n) is 13.2. The van der Waals surface area contributed by atoms with Crippen molar-refractivity contribution in [3.8, 4) is 17.2 Å². The number of phenolic OH excluding ortho intramolecular Hbond substituents is 1. The fourth-order valence-electron chi connectivity index (χ4n) is 8.57. The molecule has 0 aromatic heterocycles. The first-order valence-electron chi connectivity index (χ1n) is 15.8. The number of ketones is 1. The lowest BCUT2D eigenvalue weighted by Crippen LogP contribution is -2.50. The second-order valence-corrected chi connectivity index (χ2v) is 17.5. The predicted molar refractivity (Wildman–Crippen MR) is 160 cm³/mol. The molecule has 210 valence electrons. The molecule has 3 aliphatic rings. The summed E-state index contributed by atoms with van der Waals surface area (Å²) < 4.78 is 0. The Morgan fingerprint density at radius 2 is 1.63 bits per heavy atom. The number of hydrogen-bond acceptors (Lipinski definition) is 3. The minimum atomic E-state index is -1.75. The van der Waals surface area contributed by atoms with Crippen LogP contribution in [0.1, 0.15) is 133 Å². The molecule has 4 rings (SSSR count). The maximum atomic E-state index is 12.6. The minimum Gasteiger partial charge on any atom is -0.508 e. The molecule has 2 fully saturated rings. The van der Waals surface area contributed by atoms with Crippen LogP contribution in [0.2, 0.25) is 18.1 Å². The molecule has 3 aliphatic carbocycles. The van der Waals surface area contributed by atoms with E-state index in [1.54, 1.807) is 13.0 Å². The first kappa shape index (κ1) is 29.4. The van der Waals surface area contributed by atoms with Gasteiger partial charge in [0.25, 0.3) is 0 Å². The highest BCUT2D eigenvalue weighted by Gasteiger charge is 2.61. The highest BCUT2D eigenvalue weighted by molar-refractivity contribution is 6.87. The number of hydrogen-bond donors (Lipinski definition) is 2. The second kappa shape index (κ2) is 11.9. The zero-order valence-electron chi connectivity index (χ0n) is 24.8. The van der Waals surface area contributed by atoms with Gasteiger partial charge in [-0.3, -0.25) is 4.79 Å². The monoisotopic (exact) mass is 536 g/mol. The number of rotatable bonds is 10. The maximum Gasteiger partial charge on any atom is 0.160 e. The topological polar surface area (TPSA) is 57.5 Å². The van der Waals surface area contributed by atoms with Crippen LogP contribution in [0.3, 0.4) is 0 Å². The van der Waals surface area contributed by atoms with Crippen LogP contribution in [0.5, 0.6) is 5.75 Å². The number of carbonyl (C=O) groups excluding carboxylic acids is 1. The lowest BCUT2D eigenvalue weighted by Gasteiger charge is -2.52. The van der Waals surface area contributed by atoms with Crippen LogP contribution in [-0.4, -0.2) is 29.7 Å². The molecule has 0 bridgehead atoms. The molecule has 0 heterocycles. The predicted octanol–water partition coefficient (Wildman–Crippen LogP) is 8.57. The molecule has 2 saturated carbocycles. The fourth-order valence-corrected chi connectivity index (χ4v) is 13.3. The summed E-state index contributed by atoms with van der Waals surface area (Å²) in [5.74, 6) is 5.21. The summed E-state index contributed by atoms with van der Waals surface area (Å²) in [6.07, 6.45) is 13.2. The van der Waals surface area contributed by atoms with E-state index in [0.717, 1.165) is 44.1 Å². The van der Waals surface area contributed by atoms with E-state index < -0.39 is 13.7 Å². The first-order valence-corrected chi connectivity index (χ1v) is 18.4. The Bertz CT molecular complexity index is 1050. The van der Waals surface area contributed by atoms with Crippen molar-refractivity contribution in [2.75, 3.05) is 0 Å². The normalized spacial score (nSPS) is 30.1. The standard InChI is InChI=1S/C34H52O3Si/c1-6-9-19-38(20-10-7-2,21-11-8-3)22-18-34(37)17-15-31-28-13-12-26-23-27(36)24-30(25(4)35)32(26)29(28)14-16-33(31,34)5/h23-24,28-29,31,36-37H,6-17,19-21H2,1-5H3/t28-,29+,31+,33+,34-/m1/s1. The van der Waals surface area contributed by atoms with Gasteiger partial charge in [-0.15, -0.1) is 5.54 Å². The van der Waals surface area contributed by atoms with Crippen molar-refractivity contribution in [2.24, 2.45) is 17.3 Å². The van der Waals surface area contributed by atoms with Crippen LogP contribution in [0, 0.1) is 28.7 Å². The highest BCUT2D eigenvalue weighted by atomic mass is 28.3. The average Bonchev–Trinajstić information content (AvgIpc) is 3.17. The van der Waals surface area contributed by atoms with Gasteiger partial charge in [-0.05, 0) is 105 Å². The Morgan fingerprint density at radius 3 is 2.21 bits per heavy atom. The largest absolute Gasteiger partial charge is 0.508 e. The lowest BCUT2D eigenvalue weighted by molar-refractivity contribution is -0.0648. The Kier molecular flexibility index (Phi) is 9.20. The smallest absolute Gasteiger partial charge is 0.160 e. The number of fused-ring (bicyclic) bond motifs is 5. The van der Waals surface area contributed by atoms with Gasteiger partial charge in [0.2, 0.25) is 0 Å². The van der Waals surface area contributed by atoms with Gasteiger partial charge >= 0.3 is 0 Å². The van der Waals surface area contributed by atoms with Gasteiger partial charge < -0.3 is 10.2 Å². The number of carbonyl (C=O) groups is 1. The SMILES string of the molecule is CCCC[Si](C#C[C@]1(O)CC[C@H]2[C@@H]3CCc4cc(O)cc(C(C)=O)c4[C@H]3CC[C@@]21C)(CCCC)CCCC. The van der Waals surface area contributed by atoms with E-state index in [0.29, 0.717) is 23.3 Å². The minimum absolute atomic E-state index is 0.0486. The Morgan fingerprint density at radius 1 is 1.00 bits per heavy atom. The molecule has 5 atom stereocenters. The zero-order valence-corrected chi connectivity index (χ0v) is 25.8. The highest BCUT2D eigenvalue weighted by Crippen LogP contribution is 2.64. The van der Waals surface area contributed by atoms with Gasteiger partial charge in [0.1, 0.15) is 19.4 Å². The molecule has 0 radical (unpaired) electrons. The maximum absolute atomic E-state index is 12.6. The van der Waals surface area contributed by atoms with Gasteiger partial charge in [0, 0.05) is 11.0 Å². The van der Waals surface area contributed by atoms with Crippen LogP contribution in [-0.2, 0) is 6.42 Å². The third-order valence-corrected chi connectivity index (χ3v) is 15.5. The van der Waals surface area contributed by atoms with Crippen molar-refractivity contribution in [3.63, 3.8) is 0 Å². The van der Waals surface area contributed by atoms with Crippen molar-refractivity contribution in [2.45, 2.75) is 141 Å². The third kappa shape index (κ3) is 5.40. The Balaban J connectivity index is 1.66. The summed E-state index contributed by atoms with van der Waals surface area (Å²) in [7, 11) is -1.75. The number of aliphatic hydroxyl groups is 1. The van der Waals surface area contributed by atoms with E-state index in [9.17, 15) is 15.0 Å². The molecule has 0 unspecified atom stereocenters. The van der Waals surface area contributed by atoms with E-state index >= 15 is 0 Å².